The third kappa shape index (κ3) is 3.11. The first kappa shape index (κ1) is 13.4. The fourth-order valence-electron chi connectivity index (χ4n) is 1.87. The SMILES string of the molecule is Cc1nc(-c2ccc(Cl)c(Cl)c2)sc1CNC1CC1. The van der Waals surface area contributed by atoms with Gasteiger partial charge in [-0.3, -0.25) is 0 Å². The average molecular weight is 313 g/mol. The average Bonchev–Trinajstić information content (AvgIpc) is 3.14. The van der Waals surface area contributed by atoms with Gasteiger partial charge in [0.2, 0.25) is 0 Å². The van der Waals surface area contributed by atoms with Crippen molar-refractivity contribution in [1.82, 2.24) is 10.3 Å². The smallest absolute Gasteiger partial charge is 0.123 e. The zero-order chi connectivity index (χ0) is 13.4. The third-order valence-electron chi connectivity index (χ3n) is 3.19. The molecule has 5 heteroatoms. The second kappa shape index (κ2) is 5.41. The predicted molar refractivity (Wildman–Crippen MR) is 82.2 cm³/mol. The number of rotatable bonds is 4. The molecule has 0 spiro atoms. The molecule has 2 nitrogen and oxygen atoms in total. The van der Waals surface area contributed by atoms with Crippen LogP contribution >= 0.6 is 34.5 Å². The van der Waals surface area contributed by atoms with Crippen molar-refractivity contribution in [3.63, 3.8) is 0 Å². The lowest BCUT2D eigenvalue weighted by Gasteiger charge is -2.00. The molecule has 1 aliphatic rings. The topological polar surface area (TPSA) is 24.9 Å². The lowest BCUT2D eigenvalue weighted by Crippen LogP contribution is -2.14. The van der Waals surface area contributed by atoms with Crippen LogP contribution in [-0.2, 0) is 6.54 Å². The monoisotopic (exact) mass is 312 g/mol. The van der Waals surface area contributed by atoms with E-state index < -0.39 is 0 Å². The van der Waals surface area contributed by atoms with Crippen molar-refractivity contribution in [3.05, 3.63) is 38.8 Å². The molecule has 1 aromatic carbocycles. The van der Waals surface area contributed by atoms with Gasteiger partial charge < -0.3 is 5.32 Å². The van der Waals surface area contributed by atoms with Gasteiger partial charge in [0.05, 0.1) is 15.7 Å². The number of aromatic nitrogens is 1. The van der Waals surface area contributed by atoms with Gasteiger partial charge in [-0.05, 0) is 31.9 Å². The van der Waals surface area contributed by atoms with Crippen molar-refractivity contribution in [2.24, 2.45) is 0 Å². The van der Waals surface area contributed by atoms with Crippen molar-refractivity contribution in [2.75, 3.05) is 0 Å². The molecule has 0 unspecified atom stereocenters. The summed E-state index contributed by atoms with van der Waals surface area (Å²) in [6.45, 7) is 2.97. The summed E-state index contributed by atoms with van der Waals surface area (Å²) in [6.07, 6.45) is 2.61. The maximum atomic E-state index is 6.05. The Morgan fingerprint density at radius 2 is 2.11 bits per heavy atom. The summed E-state index contributed by atoms with van der Waals surface area (Å²) in [6, 6.07) is 6.37. The molecular weight excluding hydrogens is 299 g/mol. The lowest BCUT2D eigenvalue weighted by atomic mass is 10.2. The highest BCUT2D eigenvalue weighted by atomic mass is 35.5. The van der Waals surface area contributed by atoms with Crippen LogP contribution in [0, 0.1) is 6.92 Å². The van der Waals surface area contributed by atoms with Crippen LogP contribution in [0.15, 0.2) is 18.2 Å². The van der Waals surface area contributed by atoms with Gasteiger partial charge >= 0.3 is 0 Å². The predicted octanol–water partition coefficient (Wildman–Crippen LogP) is 4.68. The Balaban J connectivity index is 1.83. The molecule has 3 rings (SSSR count). The second-order valence-corrected chi connectivity index (χ2v) is 6.71. The first-order valence-electron chi connectivity index (χ1n) is 6.28. The Bertz CT molecular complexity index is 605. The fraction of sp³-hybridized carbons (Fsp3) is 0.357. The van der Waals surface area contributed by atoms with Crippen molar-refractivity contribution >= 4 is 34.5 Å². The molecule has 0 aliphatic heterocycles. The van der Waals surface area contributed by atoms with E-state index in [9.17, 15) is 0 Å². The molecule has 1 fully saturated rings. The number of aryl methyl sites for hydroxylation is 1. The van der Waals surface area contributed by atoms with Crippen molar-refractivity contribution in [1.29, 1.82) is 0 Å². The van der Waals surface area contributed by atoms with Crippen molar-refractivity contribution in [3.8, 4) is 10.6 Å². The van der Waals surface area contributed by atoms with E-state index in [0.29, 0.717) is 10.0 Å². The van der Waals surface area contributed by atoms with Crippen LogP contribution in [0.3, 0.4) is 0 Å². The Morgan fingerprint density at radius 1 is 1.32 bits per heavy atom. The number of thiazole rings is 1. The van der Waals surface area contributed by atoms with Crippen LogP contribution in [0.4, 0.5) is 0 Å². The summed E-state index contributed by atoms with van der Waals surface area (Å²) in [5, 5.41) is 5.68. The molecule has 0 saturated heterocycles. The van der Waals surface area contributed by atoms with E-state index in [-0.39, 0.29) is 0 Å². The third-order valence-corrected chi connectivity index (χ3v) is 5.13. The van der Waals surface area contributed by atoms with Gasteiger partial charge in [-0.15, -0.1) is 11.3 Å². The molecule has 1 saturated carbocycles. The lowest BCUT2D eigenvalue weighted by molar-refractivity contribution is 0.691. The molecule has 1 heterocycles. The Labute approximate surface area is 126 Å². The van der Waals surface area contributed by atoms with Gasteiger partial charge in [0, 0.05) is 23.0 Å². The standard InChI is InChI=1S/C14H14Cl2N2S/c1-8-13(7-17-10-3-4-10)19-14(18-8)9-2-5-11(15)12(16)6-9/h2,5-6,10,17H,3-4,7H2,1H3. The van der Waals surface area contributed by atoms with Gasteiger partial charge in [-0.25, -0.2) is 4.98 Å². The summed E-state index contributed by atoms with van der Waals surface area (Å²) < 4.78 is 0. The minimum Gasteiger partial charge on any atom is -0.309 e. The van der Waals surface area contributed by atoms with E-state index in [1.54, 1.807) is 11.3 Å². The van der Waals surface area contributed by atoms with Gasteiger partial charge in [0.25, 0.3) is 0 Å². The first-order valence-corrected chi connectivity index (χ1v) is 7.86. The molecule has 1 N–H and O–H groups in total. The highest BCUT2D eigenvalue weighted by Gasteiger charge is 2.21. The van der Waals surface area contributed by atoms with E-state index in [1.807, 2.05) is 18.2 Å². The quantitative estimate of drug-likeness (QED) is 0.886. The summed E-state index contributed by atoms with van der Waals surface area (Å²) in [4.78, 5) is 5.93. The number of nitrogens with zero attached hydrogens (tertiary/aromatic N) is 1. The van der Waals surface area contributed by atoms with E-state index in [2.05, 4.69) is 17.2 Å². The molecule has 0 radical (unpaired) electrons. The van der Waals surface area contributed by atoms with Gasteiger partial charge in [-0.2, -0.15) is 0 Å². The van der Waals surface area contributed by atoms with Gasteiger partial charge in [-0.1, -0.05) is 29.3 Å². The second-order valence-electron chi connectivity index (χ2n) is 4.81. The van der Waals surface area contributed by atoms with Crippen LogP contribution < -0.4 is 5.32 Å². The van der Waals surface area contributed by atoms with Crippen molar-refractivity contribution < 1.29 is 0 Å². The van der Waals surface area contributed by atoms with E-state index in [0.717, 1.165) is 28.9 Å². The summed E-state index contributed by atoms with van der Waals surface area (Å²) >= 11 is 13.7. The number of halogens is 2. The Kier molecular flexibility index (Phi) is 3.81. The minimum absolute atomic E-state index is 0.574. The maximum absolute atomic E-state index is 6.05. The number of benzene rings is 1. The highest BCUT2D eigenvalue weighted by Crippen LogP contribution is 2.32. The van der Waals surface area contributed by atoms with E-state index in [1.165, 1.54) is 17.7 Å². The molecule has 0 bridgehead atoms. The summed E-state index contributed by atoms with van der Waals surface area (Å²) in [5.74, 6) is 0. The first-order chi connectivity index (χ1) is 9.13. The van der Waals surface area contributed by atoms with Crippen LogP contribution in [-0.4, -0.2) is 11.0 Å². The highest BCUT2D eigenvalue weighted by molar-refractivity contribution is 7.15. The van der Waals surface area contributed by atoms with E-state index in [4.69, 9.17) is 23.2 Å². The molecule has 100 valence electrons. The van der Waals surface area contributed by atoms with Crippen LogP contribution in [0.5, 0.6) is 0 Å². The summed E-state index contributed by atoms with van der Waals surface area (Å²) in [7, 11) is 0. The molecule has 2 aromatic rings. The molecule has 19 heavy (non-hydrogen) atoms. The van der Waals surface area contributed by atoms with Crippen LogP contribution in [0.25, 0.3) is 10.6 Å². The number of hydrogen-bond donors (Lipinski definition) is 1. The van der Waals surface area contributed by atoms with Crippen LogP contribution in [0.1, 0.15) is 23.4 Å². The molecule has 1 aromatic heterocycles. The fourth-order valence-corrected chi connectivity index (χ4v) is 3.18. The molecule has 0 amide bonds. The molecule has 1 aliphatic carbocycles. The van der Waals surface area contributed by atoms with Gasteiger partial charge in [0.1, 0.15) is 5.01 Å². The van der Waals surface area contributed by atoms with Crippen LogP contribution in [0.2, 0.25) is 10.0 Å². The minimum atomic E-state index is 0.574. The number of hydrogen-bond acceptors (Lipinski definition) is 3. The Morgan fingerprint density at radius 3 is 2.79 bits per heavy atom. The molecular formula is C14H14Cl2N2S. The van der Waals surface area contributed by atoms with E-state index >= 15 is 0 Å². The number of nitrogens with one attached hydrogen (secondary N) is 1. The Hall–Kier alpha value is -0.610. The normalized spacial score (nSPS) is 14.9. The van der Waals surface area contributed by atoms with Gasteiger partial charge in [0.15, 0.2) is 0 Å². The maximum Gasteiger partial charge on any atom is 0.123 e. The largest absolute Gasteiger partial charge is 0.309 e. The zero-order valence-corrected chi connectivity index (χ0v) is 12.9. The van der Waals surface area contributed by atoms with Crippen molar-refractivity contribution in [2.45, 2.75) is 32.4 Å². The molecule has 0 atom stereocenters. The summed E-state index contributed by atoms with van der Waals surface area (Å²) in [5.41, 5.74) is 2.12. The zero-order valence-electron chi connectivity index (χ0n) is 10.5.